The maximum absolute atomic E-state index is 4.50. The minimum Gasteiger partial charge on any atom is -0.255 e. The summed E-state index contributed by atoms with van der Waals surface area (Å²) >= 11 is 1.79. The van der Waals surface area contributed by atoms with E-state index in [1.165, 1.54) is 20.5 Å². The molecule has 0 unspecified atom stereocenters. The fraction of sp³-hybridized carbons (Fsp3) is 0.0714. The Kier molecular flexibility index (Phi) is 2.22. The first-order chi connectivity index (χ1) is 7.84. The van der Waals surface area contributed by atoms with Gasteiger partial charge in [-0.25, -0.2) is 0 Å². The van der Waals surface area contributed by atoms with Crippen molar-refractivity contribution in [1.82, 2.24) is 4.98 Å². The molecule has 0 spiro atoms. The maximum Gasteiger partial charge on any atom is 0.0880 e. The summed E-state index contributed by atoms with van der Waals surface area (Å²) in [5, 5.41) is 2.48. The van der Waals surface area contributed by atoms with Crippen LogP contribution in [0.15, 0.2) is 48.7 Å². The molecule has 2 aromatic heterocycles. The third-order valence-electron chi connectivity index (χ3n) is 2.65. The quantitative estimate of drug-likeness (QED) is 0.602. The van der Waals surface area contributed by atoms with Crippen LogP contribution in [0.1, 0.15) is 4.88 Å². The van der Waals surface area contributed by atoms with Crippen molar-refractivity contribution >= 4 is 22.1 Å². The SMILES string of the molecule is Cc1ccc(-c2nccc3ccccc23)s1. The van der Waals surface area contributed by atoms with E-state index in [1.807, 2.05) is 6.20 Å². The zero-order valence-corrected chi connectivity index (χ0v) is 9.79. The molecule has 3 aromatic rings. The predicted molar refractivity (Wildman–Crippen MR) is 69.8 cm³/mol. The summed E-state index contributed by atoms with van der Waals surface area (Å²) in [4.78, 5) is 7.07. The fourth-order valence-corrected chi connectivity index (χ4v) is 2.76. The first-order valence-corrected chi connectivity index (χ1v) is 6.07. The number of rotatable bonds is 1. The number of benzene rings is 1. The number of hydrogen-bond acceptors (Lipinski definition) is 2. The van der Waals surface area contributed by atoms with Crippen LogP contribution < -0.4 is 0 Å². The van der Waals surface area contributed by atoms with Crippen LogP contribution in [0.3, 0.4) is 0 Å². The molecule has 78 valence electrons. The summed E-state index contributed by atoms with van der Waals surface area (Å²) in [7, 11) is 0. The normalized spacial score (nSPS) is 10.8. The second kappa shape index (κ2) is 3.72. The van der Waals surface area contributed by atoms with Gasteiger partial charge in [-0.1, -0.05) is 24.3 Å². The Balaban J connectivity index is 2.31. The molecule has 2 heteroatoms. The second-order valence-electron chi connectivity index (χ2n) is 3.79. The Morgan fingerprint density at radius 3 is 2.69 bits per heavy atom. The highest BCUT2D eigenvalue weighted by molar-refractivity contribution is 7.15. The van der Waals surface area contributed by atoms with Crippen molar-refractivity contribution in [1.29, 1.82) is 0 Å². The van der Waals surface area contributed by atoms with Crippen molar-refractivity contribution in [2.45, 2.75) is 6.92 Å². The van der Waals surface area contributed by atoms with Crippen molar-refractivity contribution in [3.05, 3.63) is 53.5 Å². The lowest BCUT2D eigenvalue weighted by Gasteiger charge is -2.02. The molecule has 0 aliphatic heterocycles. The number of aromatic nitrogens is 1. The lowest BCUT2D eigenvalue weighted by molar-refractivity contribution is 1.37. The highest BCUT2D eigenvalue weighted by Crippen LogP contribution is 2.31. The van der Waals surface area contributed by atoms with Crippen LogP contribution in [0.4, 0.5) is 0 Å². The van der Waals surface area contributed by atoms with Gasteiger partial charge < -0.3 is 0 Å². The minimum atomic E-state index is 1.09. The van der Waals surface area contributed by atoms with Crippen molar-refractivity contribution < 1.29 is 0 Å². The van der Waals surface area contributed by atoms with Gasteiger partial charge in [-0.3, -0.25) is 4.98 Å². The molecule has 0 saturated carbocycles. The monoisotopic (exact) mass is 225 g/mol. The molecule has 1 nitrogen and oxygen atoms in total. The third-order valence-corrected chi connectivity index (χ3v) is 3.65. The summed E-state index contributed by atoms with van der Waals surface area (Å²) in [5.41, 5.74) is 1.09. The van der Waals surface area contributed by atoms with Crippen LogP contribution in [-0.2, 0) is 0 Å². The van der Waals surface area contributed by atoms with Gasteiger partial charge in [0.1, 0.15) is 0 Å². The lowest BCUT2D eigenvalue weighted by atomic mass is 10.1. The molecular weight excluding hydrogens is 214 g/mol. The van der Waals surface area contributed by atoms with Crippen LogP contribution in [0.5, 0.6) is 0 Å². The van der Waals surface area contributed by atoms with Crippen LogP contribution in [0.25, 0.3) is 21.3 Å². The van der Waals surface area contributed by atoms with E-state index in [0.29, 0.717) is 0 Å². The van der Waals surface area contributed by atoms with Gasteiger partial charge in [0.05, 0.1) is 10.6 Å². The molecule has 3 rings (SSSR count). The van der Waals surface area contributed by atoms with E-state index in [4.69, 9.17) is 0 Å². The molecule has 16 heavy (non-hydrogen) atoms. The smallest absolute Gasteiger partial charge is 0.0880 e. The summed E-state index contributed by atoms with van der Waals surface area (Å²) in [6, 6.07) is 14.7. The van der Waals surface area contributed by atoms with Gasteiger partial charge in [0.2, 0.25) is 0 Å². The van der Waals surface area contributed by atoms with Crippen LogP contribution >= 0.6 is 11.3 Å². The first kappa shape index (κ1) is 9.55. The van der Waals surface area contributed by atoms with Crippen molar-refractivity contribution in [2.24, 2.45) is 0 Å². The average Bonchev–Trinajstić information content (AvgIpc) is 2.75. The molecule has 0 aliphatic rings. The number of hydrogen-bond donors (Lipinski definition) is 0. The van der Waals surface area contributed by atoms with Gasteiger partial charge in [-0.05, 0) is 30.5 Å². The molecule has 0 bridgehead atoms. The Morgan fingerprint density at radius 1 is 1.00 bits per heavy atom. The van der Waals surface area contributed by atoms with Gasteiger partial charge in [-0.2, -0.15) is 0 Å². The van der Waals surface area contributed by atoms with Gasteiger partial charge in [-0.15, -0.1) is 11.3 Å². The molecule has 0 fully saturated rings. The van der Waals surface area contributed by atoms with E-state index in [1.54, 1.807) is 11.3 Å². The number of fused-ring (bicyclic) bond motifs is 1. The molecule has 0 amide bonds. The highest BCUT2D eigenvalue weighted by Gasteiger charge is 2.06. The first-order valence-electron chi connectivity index (χ1n) is 5.25. The van der Waals surface area contributed by atoms with Crippen molar-refractivity contribution in [3.8, 4) is 10.6 Å². The van der Waals surface area contributed by atoms with Crippen LogP contribution in [0.2, 0.25) is 0 Å². The van der Waals surface area contributed by atoms with Gasteiger partial charge in [0, 0.05) is 16.5 Å². The summed E-state index contributed by atoms with van der Waals surface area (Å²) in [6.07, 6.45) is 1.88. The van der Waals surface area contributed by atoms with Crippen molar-refractivity contribution in [2.75, 3.05) is 0 Å². The molecular formula is C14H11NS. The average molecular weight is 225 g/mol. The lowest BCUT2D eigenvalue weighted by Crippen LogP contribution is -1.82. The van der Waals surface area contributed by atoms with Crippen LogP contribution in [-0.4, -0.2) is 4.98 Å². The van der Waals surface area contributed by atoms with E-state index in [-0.39, 0.29) is 0 Å². The molecule has 1 aromatic carbocycles. The largest absolute Gasteiger partial charge is 0.255 e. The fourth-order valence-electron chi connectivity index (χ4n) is 1.88. The van der Waals surface area contributed by atoms with E-state index in [0.717, 1.165) is 5.69 Å². The zero-order valence-electron chi connectivity index (χ0n) is 8.97. The van der Waals surface area contributed by atoms with E-state index < -0.39 is 0 Å². The Morgan fingerprint density at radius 2 is 1.88 bits per heavy atom. The Hall–Kier alpha value is -1.67. The van der Waals surface area contributed by atoms with E-state index >= 15 is 0 Å². The molecule has 0 saturated heterocycles. The summed E-state index contributed by atoms with van der Waals surface area (Å²) in [6.45, 7) is 2.12. The molecule has 0 radical (unpaired) electrons. The molecule has 0 aliphatic carbocycles. The number of nitrogens with zero attached hydrogens (tertiary/aromatic N) is 1. The Labute approximate surface area is 98.4 Å². The van der Waals surface area contributed by atoms with E-state index in [9.17, 15) is 0 Å². The number of thiophene rings is 1. The van der Waals surface area contributed by atoms with E-state index in [2.05, 4.69) is 54.4 Å². The van der Waals surface area contributed by atoms with Crippen LogP contribution in [0, 0.1) is 6.92 Å². The third kappa shape index (κ3) is 1.51. The topological polar surface area (TPSA) is 12.9 Å². The maximum atomic E-state index is 4.50. The summed E-state index contributed by atoms with van der Waals surface area (Å²) < 4.78 is 0. The standard InChI is InChI=1S/C14H11NS/c1-10-6-7-13(16-10)14-12-5-3-2-4-11(12)8-9-15-14/h2-9H,1H3. The summed E-state index contributed by atoms with van der Waals surface area (Å²) in [5.74, 6) is 0. The minimum absolute atomic E-state index is 1.09. The zero-order chi connectivity index (χ0) is 11.0. The Bertz CT molecular complexity index is 635. The predicted octanol–water partition coefficient (Wildman–Crippen LogP) is 4.27. The molecule has 0 N–H and O–H groups in total. The molecule has 2 heterocycles. The van der Waals surface area contributed by atoms with Crippen molar-refractivity contribution in [3.63, 3.8) is 0 Å². The molecule has 0 atom stereocenters. The van der Waals surface area contributed by atoms with Gasteiger partial charge in [0.15, 0.2) is 0 Å². The highest BCUT2D eigenvalue weighted by atomic mass is 32.1. The number of pyridine rings is 1. The second-order valence-corrected chi connectivity index (χ2v) is 5.08. The van der Waals surface area contributed by atoms with Gasteiger partial charge >= 0.3 is 0 Å². The number of aryl methyl sites for hydroxylation is 1. The van der Waals surface area contributed by atoms with Gasteiger partial charge in [0.25, 0.3) is 0 Å².